The number of rotatable bonds is 5. The van der Waals surface area contributed by atoms with Crippen LogP contribution < -0.4 is 0 Å². The predicted octanol–water partition coefficient (Wildman–Crippen LogP) is 3.82. The van der Waals surface area contributed by atoms with Crippen LogP contribution in [0.25, 0.3) is 0 Å². The molecule has 1 unspecified atom stereocenters. The summed E-state index contributed by atoms with van der Waals surface area (Å²) in [5, 5.41) is 4.34. The van der Waals surface area contributed by atoms with E-state index in [1.54, 1.807) is 0 Å². The summed E-state index contributed by atoms with van der Waals surface area (Å²) in [4.78, 5) is 0. The summed E-state index contributed by atoms with van der Waals surface area (Å²) in [5.41, 5.74) is 2.47. The lowest BCUT2D eigenvalue weighted by Crippen LogP contribution is -1.99. The van der Waals surface area contributed by atoms with Crippen molar-refractivity contribution in [2.45, 2.75) is 31.7 Å². The average Bonchev–Trinajstić information content (AvgIpc) is 2.79. The SMILES string of the molecule is CC(Cl)c1cnn(CCCc2ccccc2)c1. The van der Waals surface area contributed by atoms with Gasteiger partial charge in [0.15, 0.2) is 0 Å². The molecule has 1 aromatic carbocycles. The summed E-state index contributed by atoms with van der Waals surface area (Å²) in [6.45, 7) is 2.91. The fraction of sp³-hybridized carbons (Fsp3) is 0.357. The van der Waals surface area contributed by atoms with Crippen LogP contribution >= 0.6 is 11.6 Å². The molecule has 3 heteroatoms. The highest BCUT2D eigenvalue weighted by molar-refractivity contribution is 6.20. The number of benzene rings is 1. The van der Waals surface area contributed by atoms with Gasteiger partial charge in [-0.1, -0.05) is 30.3 Å². The van der Waals surface area contributed by atoms with E-state index < -0.39 is 0 Å². The molecule has 2 nitrogen and oxygen atoms in total. The number of aromatic nitrogens is 2. The highest BCUT2D eigenvalue weighted by Crippen LogP contribution is 2.17. The number of aryl methyl sites for hydroxylation is 2. The van der Waals surface area contributed by atoms with Crippen molar-refractivity contribution in [2.75, 3.05) is 0 Å². The first-order valence-corrected chi connectivity index (χ1v) is 6.39. The van der Waals surface area contributed by atoms with E-state index >= 15 is 0 Å². The molecule has 2 rings (SSSR count). The number of hydrogen-bond acceptors (Lipinski definition) is 1. The molecule has 0 saturated carbocycles. The van der Waals surface area contributed by atoms with Crippen LogP contribution in [0.2, 0.25) is 0 Å². The molecular formula is C14H17ClN2. The lowest BCUT2D eigenvalue weighted by atomic mass is 10.1. The van der Waals surface area contributed by atoms with Gasteiger partial charge < -0.3 is 0 Å². The summed E-state index contributed by atoms with van der Waals surface area (Å²) in [7, 11) is 0. The lowest BCUT2D eigenvalue weighted by molar-refractivity contribution is 0.578. The first kappa shape index (κ1) is 12.2. The van der Waals surface area contributed by atoms with Gasteiger partial charge in [0.25, 0.3) is 0 Å². The maximum absolute atomic E-state index is 5.99. The van der Waals surface area contributed by atoms with Gasteiger partial charge in [0.1, 0.15) is 0 Å². The van der Waals surface area contributed by atoms with Crippen molar-refractivity contribution in [1.29, 1.82) is 0 Å². The molecule has 0 aliphatic carbocycles. The lowest BCUT2D eigenvalue weighted by Gasteiger charge is -2.02. The van der Waals surface area contributed by atoms with E-state index in [1.165, 1.54) is 5.56 Å². The second-order valence-electron chi connectivity index (χ2n) is 4.24. The van der Waals surface area contributed by atoms with Crippen LogP contribution in [0.3, 0.4) is 0 Å². The Bertz CT molecular complexity index is 448. The van der Waals surface area contributed by atoms with E-state index in [0.29, 0.717) is 0 Å². The summed E-state index contributed by atoms with van der Waals surface area (Å²) >= 11 is 5.99. The van der Waals surface area contributed by atoms with E-state index in [4.69, 9.17) is 11.6 Å². The van der Waals surface area contributed by atoms with Gasteiger partial charge in [-0.25, -0.2) is 0 Å². The van der Waals surface area contributed by atoms with Gasteiger partial charge in [-0.05, 0) is 25.3 Å². The Labute approximate surface area is 107 Å². The Kier molecular flexibility index (Phi) is 4.21. The zero-order chi connectivity index (χ0) is 12.1. The van der Waals surface area contributed by atoms with Gasteiger partial charge in [0.05, 0.1) is 11.6 Å². The first-order chi connectivity index (χ1) is 8.25. The fourth-order valence-corrected chi connectivity index (χ4v) is 1.91. The van der Waals surface area contributed by atoms with Crippen molar-refractivity contribution in [3.8, 4) is 0 Å². The van der Waals surface area contributed by atoms with Gasteiger partial charge in [-0.3, -0.25) is 4.68 Å². The average molecular weight is 249 g/mol. The smallest absolute Gasteiger partial charge is 0.0588 e. The van der Waals surface area contributed by atoms with Crippen molar-refractivity contribution in [1.82, 2.24) is 9.78 Å². The third kappa shape index (κ3) is 3.60. The number of halogens is 1. The summed E-state index contributed by atoms with van der Waals surface area (Å²) in [6, 6.07) is 10.5. The molecule has 1 aromatic heterocycles. The van der Waals surface area contributed by atoms with Gasteiger partial charge in [0.2, 0.25) is 0 Å². The number of nitrogens with zero attached hydrogens (tertiary/aromatic N) is 2. The van der Waals surface area contributed by atoms with Gasteiger partial charge in [-0.2, -0.15) is 5.10 Å². The summed E-state index contributed by atoms with van der Waals surface area (Å²) in [6.07, 6.45) is 6.07. The maximum Gasteiger partial charge on any atom is 0.0588 e. The van der Waals surface area contributed by atoms with Crippen molar-refractivity contribution in [3.05, 3.63) is 53.9 Å². The minimum absolute atomic E-state index is 0.0397. The maximum atomic E-state index is 5.99. The second kappa shape index (κ2) is 5.87. The van der Waals surface area contributed by atoms with E-state index in [2.05, 4.69) is 29.4 Å². The Morgan fingerprint density at radius 1 is 1.29 bits per heavy atom. The molecule has 0 bridgehead atoms. The van der Waals surface area contributed by atoms with E-state index in [1.807, 2.05) is 30.1 Å². The highest BCUT2D eigenvalue weighted by atomic mass is 35.5. The predicted molar refractivity (Wildman–Crippen MR) is 71.3 cm³/mol. The molecule has 0 saturated heterocycles. The zero-order valence-corrected chi connectivity index (χ0v) is 10.8. The largest absolute Gasteiger partial charge is 0.272 e. The molecule has 0 amide bonds. The minimum atomic E-state index is 0.0397. The van der Waals surface area contributed by atoms with Crippen LogP contribution in [-0.2, 0) is 13.0 Å². The molecule has 0 spiro atoms. The van der Waals surface area contributed by atoms with Crippen molar-refractivity contribution in [2.24, 2.45) is 0 Å². The fourth-order valence-electron chi connectivity index (χ4n) is 1.80. The Hall–Kier alpha value is -1.28. The van der Waals surface area contributed by atoms with Crippen LogP contribution in [0, 0.1) is 0 Å². The molecule has 90 valence electrons. The molecule has 17 heavy (non-hydrogen) atoms. The monoisotopic (exact) mass is 248 g/mol. The van der Waals surface area contributed by atoms with Crippen LogP contribution in [0.15, 0.2) is 42.7 Å². The van der Waals surface area contributed by atoms with E-state index in [0.717, 1.165) is 24.9 Å². The highest BCUT2D eigenvalue weighted by Gasteiger charge is 2.03. The third-order valence-electron chi connectivity index (χ3n) is 2.81. The van der Waals surface area contributed by atoms with Gasteiger partial charge in [-0.15, -0.1) is 11.6 Å². The molecular weight excluding hydrogens is 232 g/mol. The third-order valence-corrected chi connectivity index (χ3v) is 3.06. The molecule has 1 heterocycles. The zero-order valence-electron chi connectivity index (χ0n) is 10.0. The normalized spacial score (nSPS) is 12.6. The van der Waals surface area contributed by atoms with E-state index in [9.17, 15) is 0 Å². The Balaban J connectivity index is 1.82. The molecule has 0 aliphatic rings. The molecule has 0 aliphatic heterocycles. The summed E-state index contributed by atoms with van der Waals surface area (Å²) in [5.74, 6) is 0. The summed E-state index contributed by atoms with van der Waals surface area (Å²) < 4.78 is 1.97. The molecule has 2 aromatic rings. The quantitative estimate of drug-likeness (QED) is 0.736. The number of alkyl halides is 1. The van der Waals surface area contributed by atoms with Crippen molar-refractivity contribution in [3.63, 3.8) is 0 Å². The van der Waals surface area contributed by atoms with Crippen LogP contribution in [-0.4, -0.2) is 9.78 Å². The van der Waals surface area contributed by atoms with Crippen LogP contribution in [0.5, 0.6) is 0 Å². The topological polar surface area (TPSA) is 17.8 Å². The minimum Gasteiger partial charge on any atom is -0.272 e. The molecule has 0 radical (unpaired) electrons. The number of hydrogen-bond donors (Lipinski definition) is 0. The van der Waals surface area contributed by atoms with Crippen molar-refractivity contribution >= 4 is 11.6 Å². The van der Waals surface area contributed by atoms with Gasteiger partial charge >= 0.3 is 0 Å². The molecule has 1 atom stereocenters. The Morgan fingerprint density at radius 3 is 2.71 bits per heavy atom. The molecule has 0 N–H and O–H groups in total. The van der Waals surface area contributed by atoms with Crippen LogP contribution in [0.4, 0.5) is 0 Å². The second-order valence-corrected chi connectivity index (χ2v) is 4.90. The first-order valence-electron chi connectivity index (χ1n) is 5.96. The standard InChI is InChI=1S/C14H17ClN2/c1-12(15)14-10-16-17(11-14)9-5-8-13-6-3-2-4-7-13/h2-4,6-7,10-12H,5,8-9H2,1H3. The van der Waals surface area contributed by atoms with Gasteiger partial charge in [0, 0.05) is 18.3 Å². The molecule has 0 fully saturated rings. The van der Waals surface area contributed by atoms with Crippen molar-refractivity contribution < 1.29 is 0 Å². The van der Waals surface area contributed by atoms with Crippen LogP contribution in [0.1, 0.15) is 29.8 Å². The Morgan fingerprint density at radius 2 is 2.06 bits per heavy atom. The van der Waals surface area contributed by atoms with E-state index in [-0.39, 0.29) is 5.38 Å².